The fraction of sp³-hybridized carbons (Fsp3) is 0.300. The third-order valence-corrected chi connectivity index (χ3v) is 1.85. The number of halogens is 3. The van der Waals surface area contributed by atoms with Crippen molar-refractivity contribution in [1.82, 2.24) is 0 Å². The van der Waals surface area contributed by atoms with E-state index in [1.54, 1.807) is 0 Å². The lowest BCUT2D eigenvalue weighted by Gasteiger charge is -2.03. The molecule has 0 fully saturated rings. The molecule has 0 N–H and O–H groups in total. The minimum Gasteiger partial charge on any atom is -0.303 e. The summed E-state index contributed by atoms with van der Waals surface area (Å²) >= 11 is 0. The quantitative estimate of drug-likeness (QED) is 0.541. The van der Waals surface area contributed by atoms with Gasteiger partial charge in [-0.25, -0.2) is 13.2 Å². The van der Waals surface area contributed by atoms with Gasteiger partial charge in [-0.1, -0.05) is 0 Å². The molecule has 1 aromatic carbocycles. The van der Waals surface area contributed by atoms with Crippen LogP contribution in [-0.2, 0) is 11.2 Å². The summed E-state index contributed by atoms with van der Waals surface area (Å²) in [7, 11) is 0. The van der Waals surface area contributed by atoms with Gasteiger partial charge in [0.1, 0.15) is 23.7 Å². The minimum absolute atomic E-state index is 0.108. The smallest absolute Gasteiger partial charge is 0.132 e. The Morgan fingerprint density at radius 2 is 1.71 bits per heavy atom. The lowest BCUT2D eigenvalue weighted by molar-refractivity contribution is -0.107. The predicted molar refractivity (Wildman–Crippen MR) is 45.3 cm³/mol. The van der Waals surface area contributed by atoms with Gasteiger partial charge >= 0.3 is 0 Å². The van der Waals surface area contributed by atoms with Crippen molar-refractivity contribution in [1.29, 1.82) is 0 Å². The van der Waals surface area contributed by atoms with E-state index in [0.29, 0.717) is 24.8 Å². The summed E-state index contributed by atoms with van der Waals surface area (Å²) in [5.41, 5.74) is -0.159. The van der Waals surface area contributed by atoms with Gasteiger partial charge in [0.15, 0.2) is 0 Å². The molecule has 0 amide bonds. The van der Waals surface area contributed by atoms with Gasteiger partial charge in [-0.05, 0) is 12.8 Å². The lowest BCUT2D eigenvalue weighted by atomic mass is 10.1. The Balaban J connectivity index is 2.80. The maximum Gasteiger partial charge on any atom is 0.132 e. The average Bonchev–Trinajstić information content (AvgIpc) is 2.09. The van der Waals surface area contributed by atoms with E-state index in [1.807, 2.05) is 0 Å². The van der Waals surface area contributed by atoms with Gasteiger partial charge < -0.3 is 4.79 Å². The molecule has 0 saturated heterocycles. The van der Waals surface area contributed by atoms with Gasteiger partial charge in [0, 0.05) is 24.1 Å². The van der Waals surface area contributed by atoms with Crippen LogP contribution < -0.4 is 0 Å². The van der Waals surface area contributed by atoms with E-state index in [2.05, 4.69) is 0 Å². The maximum absolute atomic E-state index is 13.0. The Bertz CT molecular complexity index is 313. The van der Waals surface area contributed by atoms with E-state index in [4.69, 9.17) is 0 Å². The summed E-state index contributed by atoms with van der Waals surface area (Å²) < 4.78 is 38.4. The van der Waals surface area contributed by atoms with Crippen molar-refractivity contribution in [2.45, 2.75) is 19.3 Å². The van der Waals surface area contributed by atoms with E-state index >= 15 is 0 Å². The van der Waals surface area contributed by atoms with Crippen LogP contribution in [0.1, 0.15) is 18.4 Å². The van der Waals surface area contributed by atoms with E-state index in [-0.39, 0.29) is 18.4 Å². The molecule has 0 aromatic heterocycles. The minimum atomic E-state index is -0.931. The van der Waals surface area contributed by atoms with Crippen LogP contribution >= 0.6 is 0 Å². The maximum atomic E-state index is 13.0. The number of carbonyl (C=O) groups is 1. The van der Waals surface area contributed by atoms with Crippen molar-refractivity contribution in [3.8, 4) is 0 Å². The highest BCUT2D eigenvalue weighted by atomic mass is 19.1. The van der Waals surface area contributed by atoms with Crippen LogP contribution in [-0.4, -0.2) is 6.29 Å². The highest BCUT2D eigenvalue weighted by Crippen LogP contribution is 2.16. The average molecular weight is 202 g/mol. The molecule has 14 heavy (non-hydrogen) atoms. The zero-order valence-corrected chi connectivity index (χ0v) is 7.40. The number of benzene rings is 1. The van der Waals surface area contributed by atoms with Crippen LogP contribution in [0.4, 0.5) is 13.2 Å². The molecule has 0 spiro atoms. The fourth-order valence-electron chi connectivity index (χ4n) is 1.17. The normalized spacial score (nSPS) is 10.2. The topological polar surface area (TPSA) is 17.1 Å². The van der Waals surface area contributed by atoms with Crippen molar-refractivity contribution in [2.24, 2.45) is 0 Å². The molecule has 0 bridgehead atoms. The monoisotopic (exact) mass is 202 g/mol. The number of carbonyl (C=O) groups excluding carboxylic acids is 1. The molecule has 1 rings (SSSR count). The molecule has 1 nitrogen and oxygen atoms in total. The van der Waals surface area contributed by atoms with Crippen LogP contribution in [0, 0.1) is 17.5 Å². The second kappa shape index (κ2) is 4.79. The molecule has 1 aromatic rings. The molecule has 0 aliphatic heterocycles. The molecule has 0 aliphatic carbocycles. The Hall–Kier alpha value is -1.32. The molecule has 0 heterocycles. The SMILES string of the molecule is O=CCCCc1c(F)cc(F)cc1F. The number of rotatable bonds is 4. The summed E-state index contributed by atoms with van der Waals surface area (Å²) in [5, 5.41) is 0. The fourth-order valence-corrected chi connectivity index (χ4v) is 1.17. The van der Waals surface area contributed by atoms with Crippen LogP contribution in [0.25, 0.3) is 0 Å². The molecule has 0 unspecified atom stereocenters. The molecule has 76 valence electrons. The van der Waals surface area contributed by atoms with Gasteiger partial charge in [-0.2, -0.15) is 0 Å². The zero-order chi connectivity index (χ0) is 10.6. The largest absolute Gasteiger partial charge is 0.303 e. The van der Waals surface area contributed by atoms with Gasteiger partial charge in [0.05, 0.1) is 0 Å². The molecule has 0 radical (unpaired) electrons. The molecular weight excluding hydrogens is 193 g/mol. The Morgan fingerprint density at radius 1 is 1.14 bits per heavy atom. The van der Waals surface area contributed by atoms with E-state index in [1.165, 1.54) is 0 Å². The van der Waals surface area contributed by atoms with Crippen molar-refractivity contribution in [2.75, 3.05) is 0 Å². The van der Waals surface area contributed by atoms with E-state index < -0.39 is 17.5 Å². The van der Waals surface area contributed by atoms with Crippen molar-refractivity contribution in [3.05, 3.63) is 35.1 Å². The summed E-state index contributed by atoms with van der Waals surface area (Å²) in [5.74, 6) is -2.72. The van der Waals surface area contributed by atoms with E-state index in [0.717, 1.165) is 0 Å². The Kier molecular flexibility index (Phi) is 3.68. The lowest BCUT2D eigenvalue weighted by Crippen LogP contribution is -1.97. The summed E-state index contributed by atoms with van der Waals surface area (Å²) in [6.07, 6.45) is 1.40. The van der Waals surface area contributed by atoms with Crippen molar-refractivity contribution in [3.63, 3.8) is 0 Å². The van der Waals surface area contributed by atoms with Crippen LogP contribution in [0.2, 0.25) is 0 Å². The standard InChI is InChI=1S/C10H9F3O/c11-7-5-9(12)8(10(13)6-7)3-1-2-4-14/h4-6H,1-3H2. The van der Waals surface area contributed by atoms with Crippen LogP contribution in [0.15, 0.2) is 12.1 Å². The van der Waals surface area contributed by atoms with Gasteiger partial charge in [-0.3, -0.25) is 0 Å². The Morgan fingerprint density at radius 3 is 2.21 bits per heavy atom. The van der Waals surface area contributed by atoms with Gasteiger partial charge in [0.2, 0.25) is 0 Å². The number of aldehydes is 1. The first-order valence-electron chi connectivity index (χ1n) is 4.22. The first-order chi connectivity index (χ1) is 6.65. The molecule has 0 atom stereocenters. The van der Waals surface area contributed by atoms with Crippen LogP contribution in [0.3, 0.4) is 0 Å². The van der Waals surface area contributed by atoms with Crippen LogP contribution in [0.5, 0.6) is 0 Å². The summed E-state index contributed by atoms with van der Waals surface area (Å²) in [6, 6.07) is 1.28. The zero-order valence-electron chi connectivity index (χ0n) is 7.40. The summed E-state index contributed by atoms with van der Waals surface area (Å²) in [4.78, 5) is 9.97. The van der Waals surface area contributed by atoms with Crippen molar-refractivity contribution >= 4 is 6.29 Å². The second-order valence-electron chi connectivity index (χ2n) is 2.91. The second-order valence-corrected chi connectivity index (χ2v) is 2.91. The predicted octanol–water partition coefficient (Wildman–Crippen LogP) is 2.63. The third-order valence-electron chi connectivity index (χ3n) is 1.85. The highest BCUT2D eigenvalue weighted by molar-refractivity contribution is 5.49. The van der Waals surface area contributed by atoms with Gasteiger partial charge in [0.25, 0.3) is 0 Å². The Labute approximate surface area is 79.5 Å². The van der Waals surface area contributed by atoms with Gasteiger partial charge in [-0.15, -0.1) is 0 Å². The molecule has 4 heteroatoms. The third kappa shape index (κ3) is 2.58. The molecule has 0 aliphatic rings. The molecule has 0 saturated carbocycles. The number of hydrogen-bond acceptors (Lipinski definition) is 1. The van der Waals surface area contributed by atoms with E-state index in [9.17, 15) is 18.0 Å². The highest BCUT2D eigenvalue weighted by Gasteiger charge is 2.10. The number of hydrogen-bond donors (Lipinski definition) is 0. The molecular formula is C10H9F3O. The first kappa shape index (κ1) is 10.8. The van der Waals surface area contributed by atoms with Crippen molar-refractivity contribution < 1.29 is 18.0 Å². The first-order valence-corrected chi connectivity index (χ1v) is 4.22. The number of unbranched alkanes of at least 4 members (excludes halogenated alkanes) is 1. The summed E-state index contributed by atoms with van der Waals surface area (Å²) in [6.45, 7) is 0.